The van der Waals surface area contributed by atoms with Gasteiger partial charge in [0.1, 0.15) is 10.7 Å². The third-order valence-corrected chi connectivity index (χ3v) is 9.91. The summed E-state index contributed by atoms with van der Waals surface area (Å²) in [6.07, 6.45) is -0.646. The van der Waals surface area contributed by atoms with E-state index in [1.807, 2.05) is 37.8 Å². The maximum absolute atomic E-state index is 13.5. The number of anilines is 2. The lowest BCUT2D eigenvalue weighted by atomic mass is 10.0. The molecule has 2 heterocycles. The van der Waals surface area contributed by atoms with E-state index in [9.17, 15) is 22.4 Å². The second-order valence-corrected chi connectivity index (χ2v) is 12.7. The summed E-state index contributed by atoms with van der Waals surface area (Å²) < 4.78 is 47.2. The summed E-state index contributed by atoms with van der Waals surface area (Å²) in [5, 5.41) is -0.0176. The van der Waals surface area contributed by atoms with Gasteiger partial charge in [0.2, 0.25) is 10.0 Å². The molecule has 3 aromatic rings. The molecule has 5 rings (SSSR count). The molecule has 1 unspecified atom stereocenters. The molecule has 2 saturated heterocycles. The van der Waals surface area contributed by atoms with Crippen LogP contribution in [0.3, 0.4) is 0 Å². The standard InChI is InChI=1S/C30H31ClFN3O5S/c1-19-16-20(2)28(21(3)17-19)35-11-10-26(29(35)36)40-30(37)22-4-9-25(31)27(18-22)41(38,39)34-14-12-33(13-15-34)24-7-5-23(32)6-8-24/h4-9,16-18,26H,10-15H2,1-3H3. The van der Waals surface area contributed by atoms with Gasteiger partial charge in [-0.25, -0.2) is 17.6 Å². The third kappa shape index (κ3) is 5.82. The molecule has 216 valence electrons. The van der Waals surface area contributed by atoms with Crippen LogP contribution in [0, 0.1) is 26.6 Å². The smallest absolute Gasteiger partial charge is 0.338 e. The number of carbonyl (C=O) groups is 2. The largest absolute Gasteiger partial charge is 0.449 e. The van der Waals surface area contributed by atoms with E-state index in [0.717, 1.165) is 28.1 Å². The highest BCUT2D eigenvalue weighted by Gasteiger charge is 2.37. The summed E-state index contributed by atoms with van der Waals surface area (Å²) in [6, 6.07) is 14.0. The molecule has 0 spiro atoms. The zero-order valence-corrected chi connectivity index (χ0v) is 24.6. The molecule has 3 aromatic carbocycles. The predicted octanol–water partition coefficient (Wildman–Crippen LogP) is 4.88. The third-order valence-electron chi connectivity index (χ3n) is 7.53. The van der Waals surface area contributed by atoms with E-state index in [2.05, 4.69) is 0 Å². The van der Waals surface area contributed by atoms with Gasteiger partial charge in [-0.3, -0.25) is 4.79 Å². The summed E-state index contributed by atoms with van der Waals surface area (Å²) in [4.78, 5) is 29.7. The van der Waals surface area contributed by atoms with Crippen LogP contribution in [0.2, 0.25) is 5.02 Å². The molecule has 8 nitrogen and oxygen atoms in total. The number of benzene rings is 3. The van der Waals surface area contributed by atoms with Crippen molar-refractivity contribution in [3.05, 3.63) is 87.7 Å². The van der Waals surface area contributed by atoms with Gasteiger partial charge in [-0.15, -0.1) is 0 Å². The van der Waals surface area contributed by atoms with Gasteiger partial charge in [-0.1, -0.05) is 29.3 Å². The Bertz CT molecular complexity index is 1580. The fraction of sp³-hybridized carbons (Fsp3) is 0.333. The van der Waals surface area contributed by atoms with Gasteiger partial charge < -0.3 is 14.5 Å². The van der Waals surface area contributed by atoms with E-state index in [-0.39, 0.29) is 40.3 Å². The average Bonchev–Trinajstić information content (AvgIpc) is 3.28. The fourth-order valence-corrected chi connectivity index (χ4v) is 7.51. The van der Waals surface area contributed by atoms with E-state index in [1.54, 1.807) is 17.0 Å². The van der Waals surface area contributed by atoms with Crippen LogP contribution in [0.5, 0.6) is 0 Å². The molecule has 0 aromatic heterocycles. The van der Waals surface area contributed by atoms with Gasteiger partial charge >= 0.3 is 5.97 Å². The zero-order chi connectivity index (χ0) is 29.5. The van der Waals surface area contributed by atoms with Crippen molar-refractivity contribution in [2.24, 2.45) is 0 Å². The van der Waals surface area contributed by atoms with E-state index < -0.39 is 22.1 Å². The average molecular weight is 600 g/mol. The van der Waals surface area contributed by atoms with E-state index in [1.165, 1.54) is 34.6 Å². The normalized spacial score (nSPS) is 18.2. The molecule has 41 heavy (non-hydrogen) atoms. The lowest BCUT2D eigenvalue weighted by Gasteiger charge is -2.35. The van der Waals surface area contributed by atoms with Gasteiger partial charge in [0.25, 0.3) is 5.91 Å². The molecule has 2 aliphatic rings. The fourth-order valence-electron chi connectivity index (χ4n) is 5.59. The second-order valence-electron chi connectivity index (χ2n) is 10.4. The minimum atomic E-state index is -4.03. The summed E-state index contributed by atoms with van der Waals surface area (Å²) in [7, 11) is -4.03. The highest BCUT2D eigenvalue weighted by atomic mass is 35.5. The molecule has 0 saturated carbocycles. The number of ether oxygens (including phenoxy) is 1. The van der Waals surface area contributed by atoms with Gasteiger partial charge in [0, 0.05) is 50.5 Å². The van der Waals surface area contributed by atoms with Crippen LogP contribution in [0.4, 0.5) is 15.8 Å². The molecule has 1 amide bonds. The summed E-state index contributed by atoms with van der Waals surface area (Å²) in [5.41, 5.74) is 4.65. The molecular weight excluding hydrogens is 569 g/mol. The lowest BCUT2D eigenvalue weighted by Crippen LogP contribution is -2.48. The molecule has 0 bridgehead atoms. The van der Waals surface area contributed by atoms with Crippen molar-refractivity contribution in [1.29, 1.82) is 0 Å². The number of carbonyl (C=O) groups excluding carboxylic acids is 2. The van der Waals surface area contributed by atoms with Crippen LogP contribution in [0.25, 0.3) is 0 Å². The Labute approximate surface area is 244 Å². The predicted molar refractivity (Wildman–Crippen MR) is 156 cm³/mol. The van der Waals surface area contributed by atoms with E-state index in [0.29, 0.717) is 26.1 Å². The molecule has 0 radical (unpaired) electrons. The molecule has 2 fully saturated rings. The lowest BCUT2D eigenvalue weighted by molar-refractivity contribution is -0.124. The first-order valence-corrected chi connectivity index (χ1v) is 15.2. The summed E-state index contributed by atoms with van der Waals surface area (Å²) >= 11 is 6.30. The van der Waals surface area contributed by atoms with Crippen LogP contribution in [-0.2, 0) is 19.6 Å². The van der Waals surface area contributed by atoms with Gasteiger partial charge in [-0.05, 0) is 74.4 Å². The Morgan fingerprint density at radius 2 is 1.56 bits per heavy atom. The first-order chi connectivity index (χ1) is 19.5. The zero-order valence-electron chi connectivity index (χ0n) is 23.1. The number of amides is 1. The number of esters is 1. The second kappa shape index (κ2) is 11.4. The molecule has 1 atom stereocenters. The van der Waals surface area contributed by atoms with Crippen molar-refractivity contribution in [3.63, 3.8) is 0 Å². The van der Waals surface area contributed by atoms with E-state index in [4.69, 9.17) is 16.3 Å². The van der Waals surface area contributed by atoms with Gasteiger partial charge in [-0.2, -0.15) is 4.31 Å². The van der Waals surface area contributed by atoms with Crippen LogP contribution >= 0.6 is 11.6 Å². The molecule has 11 heteroatoms. The maximum atomic E-state index is 13.5. The number of aryl methyl sites for hydroxylation is 3. The number of rotatable bonds is 6. The quantitative estimate of drug-likeness (QED) is 0.376. The van der Waals surface area contributed by atoms with Crippen LogP contribution < -0.4 is 9.80 Å². The van der Waals surface area contributed by atoms with Crippen molar-refractivity contribution in [2.75, 3.05) is 42.5 Å². The highest BCUT2D eigenvalue weighted by Crippen LogP contribution is 2.32. The van der Waals surface area contributed by atoms with Crippen molar-refractivity contribution < 1.29 is 27.1 Å². The molecule has 0 N–H and O–H groups in total. The van der Waals surface area contributed by atoms with Crippen molar-refractivity contribution in [3.8, 4) is 0 Å². The highest BCUT2D eigenvalue weighted by molar-refractivity contribution is 7.89. The number of piperazine rings is 1. The Kier molecular flexibility index (Phi) is 8.09. The van der Waals surface area contributed by atoms with Crippen molar-refractivity contribution in [1.82, 2.24) is 4.31 Å². The molecule has 0 aliphatic carbocycles. The topological polar surface area (TPSA) is 87.2 Å². The Balaban J connectivity index is 1.28. The number of sulfonamides is 1. The summed E-state index contributed by atoms with van der Waals surface area (Å²) in [5.74, 6) is -1.44. The Hall–Kier alpha value is -3.47. The number of halogens is 2. The molecular formula is C30H31ClFN3O5S. The number of nitrogens with zero attached hydrogens (tertiary/aromatic N) is 3. The number of hydrogen-bond donors (Lipinski definition) is 0. The Morgan fingerprint density at radius 1 is 0.927 bits per heavy atom. The van der Waals surface area contributed by atoms with Crippen molar-refractivity contribution in [2.45, 2.75) is 38.2 Å². The minimum Gasteiger partial charge on any atom is -0.449 e. The monoisotopic (exact) mass is 599 g/mol. The van der Waals surface area contributed by atoms with Crippen molar-refractivity contribution >= 4 is 44.9 Å². The molecule has 2 aliphatic heterocycles. The van der Waals surface area contributed by atoms with Gasteiger partial charge in [0.05, 0.1) is 10.6 Å². The Morgan fingerprint density at radius 3 is 2.20 bits per heavy atom. The van der Waals surface area contributed by atoms with Gasteiger partial charge in [0.15, 0.2) is 6.10 Å². The SMILES string of the molecule is Cc1cc(C)c(N2CCC(OC(=O)c3ccc(Cl)c(S(=O)(=O)N4CCN(c5ccc(F)cc5)CC4)c3)C2=O)c(C)c1. The summed E-state index contributed by atoms with van der Waals surface area (Å²) in [6.45, 7) is 7.49. The minimum absolute atomic E-state index is 0.00753. The van der Waals surface area contributed by atoms with Crippen LogP contribution in [-0.4, -0.2) is 63.4 Å². The first-order valence-electron chi connectivity index (χ1n) is 13.4. The van der Waals surface area contributed by atoms with Crippen LogP contribution in [0.15, 0.2) is 59.5 Å². The van der Waals surface area contributed by atoms with Crippen LogP contribution in [0.1, 0.15) is 33.5 Å². The number of hydrogen-bond acceptors (Lipinski definition) is 6. The van der Waals surface area contributed by atoms with E-state index >= 15 is 0 Å². The first kappa shape index (κ1) is 29.0. The maximum Gasteiger partial charge on any atom is 0.338 e.